The molecule has 0 bridgehead atoms. The van der Waals surface area contributed by atoms with Crippen molar-refractivity contribution in [2.24, 2.45) is 10.7 Å². The summed E-state index contributed by atoms with van der Waals surface area (Å²) >= 11 is 0. The largest absolute Gasteiger partial charge is 0.464 e. The molecule has 2 amide bonds. The first-order valence-electron chi connectivity index (χ1n) is 9.36. The fraction of sp³-hybridized carbons (Fsp3) is 0.286. The molecule has 1 aliphatic carbocycles. The number of guanidine groups is 1. The van der Waals surface area contributed by atoms with Gasteiger partial charge >= 0.3 is 5.97 Å². The van der Waals surface area contributed by atoms with Gasteiger partial charge in [0.2, 0.25) is 5.91 Å². The summed E-state index contributed by atoms with van der Waals surface area (Å²) in [6.07, 6.45) is 7.63. The van der Waals surface area contributed by atoms with Crippen molar-refractivity contribution in [1.82, 2.24) is 10.6 Å². The Morgan fingerprint density at radius 1 is 1.10 bits per heavy atom. The molecule has 153 valence electrons. The molecule has 0 aliphatic heterocycles. The minimum Gasteiger partial charge on any atom is -0.464 e. The third-order valence-electron chi connectivity index (χ3n) is 4.01. The molecule has 1 saturated carbocycles. The van der Waals surface area contributed by atoms with Gasteiger partial charge in [-0.3, -0.25) is 19.9 Å². The topological polar surface area (TPSA) is 123 Å². The summed E-state index contributed by atoms with van der Waals surface area (Å²) in [5.41, 5.74) is 6.18. The fourth-order valence-corrected chi connectivity index (χ4v) is 2.57. The number of nitrogens with zero attached hydrogens (tertiary/aromatic N) is 1. The maximum absolute atomic E-state index is 12.3. The van der Waals surface area contributed by atoms with Crippen LogP contribution in [0.1, 0.15) is 30.1 Å². The van der Waals surface area contributed by atoms with Crippen LogP contribution in [-0.2, 0) is 14.3 Å². The Labute approximate surface area is 171 Å². The lowest BCUT2D eigenvalue weighted by Crippen LogP contribution is -2.42. The number of hydrogen-bond acceptors (Lipinski definition) is 5. The molecular formula is C21H25N4O4. The number of aliphatic imine (C=N–C) groups is 1. The summed E-state index contributed by atoms with van der Waals surface area (Å²) in [6.45, 7) is 2.20. The molecule has 1 atom stereocenters. The van der Waals surface area contributed by atoms with Crippen molar-refractivity contribution in [2.45, 2.75) is 25.8 Å². The minimum atomic E-state index is -0.794. The minimum absolute atomic E-state index is 0.00259. The third kappa shape index (κ3) is 7.56. The lowest BCUT2D eigenvalue weighted by atomic mass is 10.1. The van der Waals surface area contributed by atoms with Crippen LogP contribution in [0.25, 0.3) is 0 Å². The summed E-state index contributed by atoms with van der Waals surface area (Å²) in [5, 5.41) is 5.19. The van der Waals surface area contributed by atoms with E-state index < -0.39 is 12.0 Å². The van der Waals surface area contributed by atoms with Crippen LogP contribution in [0.5, 0.6) is 0 Å². The van der Waals surface area contributed by atoms with Crippen LogP contribution < -0.4 is 16.4 Å². The van der Waals surface area contributed by atoms with E-state index in [9.17, 15) is 14.4 Å². The van der Waals surface area contributed by atoms with Gasteiger partial charge in [0, 0.05) is 12.1 Å². The molecular weight excluding hydrogens is 372 g/mol. The molecule has 2 rings (SSSR count). The summed E-state index contributed by atoms with van der Waals surface area (Å²) in [7, 11) is 0. The predicted molar refractivity (Wildman–Crippen MR) is 109 cm³/mol. The van der Waals surface area contributed by atoms with Crippen LogP contribution in [0.4, 0.5) is 0 Å². The number of carbonyl (C=O) groups is 3. The van der Waals surface area contributed by atoms with Crippen LogP contribution >= 0.6 is 0 Å². The van der Waals surface area contributed by atoms with Crippen molar-refractivity contribution < 1.29 is 19.1 Å². The van der Waals surface area contributed by atoms with Gasteiger partial charge in [-0.25, -0.2) is 4.79 Å². The molecule has 4 N–H and O–H groups in total. The maximum Gasteiger partial charge on any atom is 0.328 e. The Balaban J connectivity index is 1.82. The van der Waals surface area contributed by atoms with E-state index >= 15 is 0 Å². The van der Waals surface area contributed by atoms with Crippen molar-refractivity contribution in [3.05, 3.63) is 67.5 Å². The van der Waals surface area contributed by atoms with Gasteiger partial charge in [0.1, 0.15) is 6.04 Å². The second kappa shape index (κ2) is 11.8. The van der Waals surface area contributed by atoms with Crippen molar-refractivity contribution in [3.63, 3.8) is 0 Å². The molecule has 8 nitrogen and oxygen atoms in total. The summed E-state index contributed by atoms with van der Waals surface area (Å²) in [6, 6.07) is 7.83. The van der Waals surface area contributed by atoms with Gasteiger partial charge in [-0.2, -0.15) is 0 Å². The van der Waals surface area contributed by atoms with Crippen LogP contribution in [0.2, 0.25) is 0 Å². The summed E-state index contributed by atoms with van der Waals surface area (Å²) < 4.78 is 5.04. The second-order valence-electron chi connectivity index (χ2n) is 6.18. The first kappa shape index (κ1) is 22.4. The van der Waals surface area contributed by atoms with Crippen LogP contribution in [0, 0.1) is 31.6 Å². The van der Waals surface area contributed by atoms with Gasteiger partial charge in [-0.1, -0.05) is 18.2 Å². The van der Waals surface area contributed by atoms with E-state index in [2.05, 4.69) is 15.6 Å². The third-order valence-corrected chi connectivity index (χ3v) is 4.01. The molecule has 5 radical (unpaired) electrons. The smallest absolute Gasteiger partial charge is 0.328 e. The van der Waals surface area contributed by atoms with Gasteiger partial charge in [0.25, 0.3) is 5.91 Å². The molecule has 0 aromatic heterocycles. The Bertz CT molecular complexity index is 715. The summed E-state index contributed by atoms with van der Waals surface area (Å²) in [4.78, 5) is 40.5. The Morgan fingerprint density at radius 2 is 1.79 bits per heavy atom. The van der Waals surface area contributed by atoms with Gasteiger partial charge in [-0.15, -0.1) is 0 Å². The van der Waals surface area contributed by atoms with Crippen molar-refractivity contribution in [1.29, 1.82) is 0 Å². The molecule has 1 aromatic rings. The predicted octanol–water partition coefficient (Wildman–Crippen LogP) is 0.964. The van der Waals surface area contributed by atoms with Gasteiger partial charge in [0.15, 0.2) is 5.96 Å². The quantitative estimate of drug-likeness (QED) is 0.248. The maximum atomic E-state index is 12.3. The number of esters is 1. The number of nitrogens with one attached hydrogen (secondary N) is 2. The molecule has 0 unspecified atom stereocenters. The average molecular weight is 397 g/mol. The van der Waals surface area contributed by atoms with Crippen LogP contribution in [0.15, 0.2) is 35.3 Å². The SMILES string of the molecule is CCOC(=O)[C@H](CCCN=C(N)NC(=O)[C]1[CH][CH][CH][CH]1)NC(=O)c1ccccc1. The second-order valence-corrected chi connectivity index (χ2v) is 6.18. The lowest BCUT2D eigenvalue weighted by molar-refractivity contribution is -0.145. The highest BCUT2D eigenvalue weighted by Crippen LogP contribution is 2.22. The zero-order valence-electron chi connectivity index (χ0n) is 16.3. The van der Waals surface area contributed by atoms with Crippen molar-refractivity contribution in [3.8, 4) is 0 Å². The van der Waals surface area contributed by atoms with Gasteiger partial charge in [-0.05, 0) is 57.6 Å². The number of carbonyl (C=O) groups excluding carboxylic acids is 3. The number of hydrogen-bond donors (Lipinski definition) is 3. The highest BCUT2D eigenvalue weighted by atomic mass is 16.5. The molecule has 0 spiro atoms. The molecule has 8 heteroatoms. The Kier molecular flexibility index (Phi) is 9.14. The molecule has 1 fully saturated rings. The standard InChI is InChI=1S/C21H25N4O4/c1-2-29-20(28)17(24-18(26)15-9-4-3-5-10-15)13-8-14-23-21(22)25-19(27)16-11-6-7-12-16/h3-7,9-12,17H,2,8,13-14H2,1H3,(H,24,26)(H3,22,23,25,27)/t17-/m0/s1. The molecule has 0 heterocycles. The van der Waals surface area contributed by atoms with E-state index in [1.807, 2.05) is 0 Å². The molecule has 1 aromatic carbocycles. The Hall–Kier alpha value is -2.90. The normalized spacial score (nSPS) is 15.6. The number of nitrogens with two attached hydrogens (primary N) is 1. The number of amides is 2. The highest BCUT2D eigenvalue weighted by molar-refractivity contribution is 6.05. The van der Waals surface area contributed by atoms with E-state index in [0.717, 1.165) is 0 Å². The number of benzene rings is 1. The molecule has 1 aliphatic rings. The van der Waals surface area contributed by atoms with E-state index in [1.165, 1.54) is 0 Å². The monoisotopic (exact) mass is 397 g/mol. The van der Waals surface area contributed by atoms with Crippen molar-refractivity contribution >= 4 is 23.7 Å². The van der Waals surface area contributed by atoms with Crippen LogP contribution in [0.3, 0.4) is 0 Å². The van der Waals surface area contributed by atoms with E-state index in [4.69, 9.17) is 10.5 Å². The van der Waals surface area contributed by atoms with Gasteiger partial charge in [0.05, 0.1) is 12.5 Å². The van der Waals surface area contributed by atoms with Crippen molar-refractivity contribution in [2.75, 3.05) is 13.2 Å². The molecule has 0 saturated heterocycles. The van der Waals surface area contributed by atoms with E-state index in [1.54, 1.807) is 62.9 Å². The number of ether oxygens (including phenoxy) is 1. The van der Waals surface area contributed by atoms with Gasteiger partial charge < -0.3 is 15.8 Å². The number of rotatable bonds is 9. The first-order chi connectivity index (χ1) is 14.0. The molecule has 29 heavy (non-hydrogen) atoms. The average Bonchev–Trinajstić information content (AvgIpc) is 3.26. The van der Waals surface area contributed by atoms with E-state index in [-0.39, 0.29) is 30.9 Å². The fourth-order valence-electron chi connectivity index (χ4n) is 2.57. The van der Waals surface area contributed by atoms with E-state index in [0.29, 0.717) is 24.3 Å². The Morgan fingerprint density at radius 3 is 2.45 bits per heavy atom. The lowest BCUT2D eigenvalue weighted by Gasteiger charge is -2.17. The zero-order chi connectivity index (χ0) is 21.1. The first-order valence-corrected chi connectivity index (χ1v) is 9.36. The summed E-state index contributed by atoms with van der Waals surface area (Å²) in [5.74, 6) is -0.700. The zero-order valence-corrected chi connectivity index (χ0v) is 16.3. The van der Waals surface area contributed by atoms with Crippen LogP contribution in [-0.4, -0.2) is 42.9 Å². The highest BCUT2D eigenvalue weighted by Gasteiger charge is 2.25.